The molecule has 3 rings (SSSR count). The zero-order valence-electron chi connectivity index (χ0n) is 11.7. The molecule has 0 fully saturated rings. The normalized spacial score (nSPS) is 10.4. The van der Waals surface area contributed by atoms with Gasteiger partial charge in [-0.2, -0.15) is 0 Å². The molecule has 3 heteroatoms. The van der Waals surface area contributed by atoms with Crippen LogP contribution in [0, 0.1) is 0 Å². The third-order valence-corrected chi connectivity index (χ3v) is 3.55. The second-order valence-corrected chi connectivity index (χ2v) is 4.93. The molecule has 22 heavy (non-hydrogen) atoms. The van der Waals surface area contributed by atoms with Crippen LogP contribution in [0.2, 0.25) is 0 Å². The minimum Gasteiger partial charge on any atom is -0.871 e. The van der Waals surface area contributed by atoms with Crippen molar-refractivity contribution in [2.75, 3.05) is 0 Å². The van der Waals surface area contributed by atoms with Gasteiger partial charge in [0, 0.05) is 0 Å². The van der Waals surface area contributed by atoms with Gasteiger partial charge in [-0.25, -0.2) is 4.79 Å². The summed E-state index contributed by atoms with van der Waals surface area (Å²) in [6.45, 7) is 0. The molecule has 0 unspecified atom stereocenters. The molecule has 0 aliphatic rings. The molecule has 0 saturated heterocycles. The molecule has 1 N–H and O–H groups in total. The molecule has 3 nitrogen and oxygen atoms in total. The molecule has 3 aromatic carbocycles. The predicted octanol–water partition coefficient (Wildman–Crippen LogP) is 3.79. The topological polar surface area (TPSA) is 60.4 Å². The van der Waals surface area contributed by atoms with Crippen LogP contribution in [0.25, 0.3) is 22.3 Å². The van der Waals surface area contributed by atoms with Crippen molar-refractivity contribution in [3.05, 3.63) is 78.4 Å². The maximum Gasteiger partial charge on any atom is 0.335 e. The third-order valence-electron chi connectivity index (χ3n) is 3.55. The fraction of sp³-hybridized carbons (Fsp3) is 0. The van der Waals surface area contributed by atoms with Crippen molar-refractivity contribution < 1.29 is 15.0 Å². The van der Waals surface area contributed by atoms with Gasteiger partial charge in [0.05, 0.1) is 5.56 Å². The number of carbonyl (C=O) groups is 1. The molecule has 0 atom stereocenters. The van der Waals surface area contributed by atoms with Crippen molar-refractivity contribution in [1.29, 1.82) is 0 Å². The van der Waals surface area contributed by atoms with Gasteiger partial charge in [-0.1, -0.05) is 72.5 Å². The summed E-state index contributed by atoms with van der Waals surface area (Å²) in [4.78, 5) is 11.0. The average molecular weight is 289 g/mol. The first-order valence-electron chi connectivity index (χ1n) is 6.86. The average Bonchev–Trinajstić information content (AvgIpc) is 2.56. The fourth-order valence-corrected chi connectivity index (χ4v) is 2.41. The van der Waals surface area contributed by atoms with Gasteiger partial charge in [-0.15, -0.1) is 0 Å². The van der Waals surface area contributed by atoms with E-state index >= 15 is 0 Å². The van der Waals surface area contributed by atoms with Crippen LogP contribution in [-0.2, 0) is 0 Å². The summed E-state index contributed by atoms with van der Waals surface area (Å²) in [5.74, 6) is -1.66. The van der Waals surface area contributed by atoms with E-state index in [9.17, 15) is 9.90 Å². The van der Waals surface area contributed by atoms with E-state index in [-0.39, 0.29) is 5.56 Å². The van der Waals surface area contributed by atoms with Gasteiger partial charge in [0.2, 0.25) is 0 Å². The Hall–Kier alpha value is -3.07. The largest absolute Gasteiger partial charge is 0.871 e. The van der Waals surface area contributed by atoms with Crippen LogP contribution in [-0.4, -0.2) is 11.1 Å². The Bertz CT molecular complexity index is 806. The van der Waals surface area contributed by atoms with Crippen LogP contribution < -0.4 is 5.11 Å². The Kier molecular flexibility index (Phi) is 3.62. The highest BCUT2D eigenvalue weighted by molar-refractivity contribution is 5.94. The molecule has 0 saturated carbocycles. The highest BCUT2D eigenvalue weighted by Crippen LogP contribution is 2.31. The molecule has 0 aliphatic heterocycles. The maximum absolute atomic E-state index is 12.2. The molecule has 0 aromatic heterocycles. The summed E-state index contributed by atoms with van der Waals surface area (Å²) in [5.41, 5.74) is 3.05. The fourth-order valence-electron chi connectivity index (χ4n) is 2.41. The lowest BCUT2D eigenvalue weighted by molar-refractivity contribution is -0.267. The van der Waals surface area contributed by atoms with Gasteiger partial charge in [0.15, 0.2) is 0 Å². The summed E-state index contributed by atoms with van der Waals surface area (Å²) in [6, 6.07) is 22.0. The Morgan fingerprint density at radius 3 is 1.95 bits per heavy atom. The van der Waals surface area contributed by atoms with Crippen molar-refractivity contribution in [2.24, 2.45) is 0 Å². The molecule has 3 aromatic rings. The van der Waals surface area contributed by atoms with Gasteiger partial charge < -0.3 is 10.2 Å². The van der Waals surface area contributed by atoms with Crippen molar-refractivity contribution in [3.63, 3.8) is 0 Å². The van der Waals surface area contributed by atoms with E-state index in [2.05, 4.69) is 0 Å². The van der Waals surface area contributed by atoms with E-state index in [0.717, 1.165) is 11.1 Å². The van der Waals surface area contributed by atoms with Gasteiger partial charge in [0.1, 0.15) is 0 Å². The van der Waals surface area contributed by atoms with E-state index < -0.39 is 11.7 Å². The van der Waals surface area contributed by atoms with Crippen LogP contribution in [0.15, 0.2) is 72.8 Å². The predicted molar refractivity (Wildman–Crippen MR) is 83.7 cm³/mol. The van der Waals surface area contributed by atoms with E-state index in [1.165, 1.54) is 6.07 Å². The van der Waals surface area contributed by atoms with E-state index in [1.807, 2.05) is 54.6 Å². The molecule has 0 spiro atoms. The summed E-state index contributed by atoms with van der Waals surface area (Å²) in [5, 5.41) is 21.2. The summed E-state index contributed by atoms with van der Waals surface area (Å²) >= 11 is 0. The van der Waals surface area contributed by atoms with Gasteiger partial charge in [-0.3, -0.25) is 0 Å². The Morgan fingerprint density at radius 1 is 0.727 bits per heavy atom. The van der Waals surface area contributed by atoms with Gasteiger partial charge in [-0.05, 0) is 28.3 Å². The van der Waals surface area contributed by atoms with Crippen LogP contribution in [0.4, 0.5) is 0 Å². The van der Waals surface area contributed by atoms with Crippen LogP contribution >= 0.6 is 0 Å². The quantitative estimate of drug-likeness (QED) is 0.798. The smallest absolute Gasteiger partial charge is 0.335 e. The standard InChI is InChI=1S/C19H14O3/c20-18-16(7-4-8-17(18)19(21)22)15-11-9-14(10-12-15)13-5-2-1-3-6-13/h1-12,20H,(H,21,22)/p-1. The van der Waals surface area contributed by atoms with E-state index in [1.54, 1.807) is 12.1 Å². The summed E-state index contributed by atoms with van der Waals surface area (Å²) in [7, 11) is 0. The number of carboxylic acid groups (broad SMARTS) is 1. The lowest BCUT2D eigenvalue weighted by Crippen LogP contribution is -2.05. The first-order valence-corrected chi connectivity index (χ1v) is 6.86. The minimum atomic E-state index is -1.20. The highest BCUT2D eigenvalue weighted by atomic mass is 16.4. The molecular formula is C19H13O3-. The lowest BCUT2D eigenvalue weighted by Gasteiger charge is -2.16. The highest BCUT2D eigenvalue weighted by Gasteiger charge is 2.08. The zero-order valence-corrected chi connectivity index (χ0v) is 11.7. The molecule has 0 radical (unpaired) electrons. The SMILES string of the molecule is O=C(O)c1cccc(-c2ccc(-c3ccccc3)cc2)c1[O-]. The molecule has 0 amide bonds. The first-order chi connectivity index (χ1) is 10.7. The molecular weight excluding hydrogens is 276 g/mol. The number of rotatable bonds is 3. The monoisotopic (exact) mass is 289 g/mol. The number of hydrogen-bond donors (Lipinski definition) is 1. The number of benzene rings is 3. The van der Waals surface area contributed by atoms with Crippen molar-refractivity contribution in [1.82, 2.24) is 0 Å². The third kappa shape index (κ3) is 2.56. The Labute approximate surface area is 128 Å². The molecule has 0 aliphatic carbocycles. The molecule has 0 heterocycles. The van der Waals surface area contributed by atoms with Crippen molar-refractivity contribution in [2.45, 2.75) is 0 Å². The van der Waals surface area contributed by atoms with E-state index in [4.69, 9.17) is 5.11 Å². The number of aromatic carboxylic acids is 1. The number of hydrogen-bond acceptors (Lipinski definition) is 2. The molecule has 108 valence electrons. The van der Waals surface area contributed by atoms with Gasteiger partial charge >= 0.3 is 5.97 Å². The van der Waals surface area contributed by atoms with Crippen LogP contribution in [0.3, 0.4) is 0 Å². The number of carboxylic acids is 1. The Balaban J connectivity index is 2.01. The number of para-hydroxylation sites is 1. The minimum absolute atomic E-state index is 0.204. The summed E-state index contributed by atoms with van der Waals surface area (Å²) < 4.78 is 0. The van der Waals surface area contributed by atoms with Crippen molar-refractivity contribution in [3.8, 4) is 28.0 Å². The zero-order chi connectivity index (χ0) is 15.5. The Morgan fingerprint density at radius 2 is 1.32 bits per heavy atom. The lowest BCUT2D eigenvalue weighted by atomic mass is 9.98. The van der Waals surface area contributed by atoms with E-state index in [0.29, 0.717) is 11.1 Å². The second kappa shape index (κ2) is 5.74. The second-order valence-electron chi connectivity index (χ2n) is 4.93. The van der Waals surface area contributed by atoms with Crippen LogP contribution in [0.1, 0.15) is 10.4 Å². The maximum atomic E-state index is 12.2. The van der Waals surface area contributed by atoms with Crippen LogP contribution in [0.5, 0.6) is 5.75 Å². The first kappa shape index (κ1) is 13.9. The summed E-state index contributed by atoms with van der Waals surface area (Å²) in [6.07, 6.45) is 0. The van der Waals surface area contributed by atoms with Gasteiger partial charge in [0.25, 0.3) is 0 Å². The molecule has 0 bridgehead atoms. The van der Waals surface area contributed by atoms with Crippen molar-refractivity contribution >= 4 is 5.97 Å².